The lowest BCUT2D eigenvalue weighted by atomic mass is 10.1. The highest BCUT2D eigenvalue weighted by Gasteiger charge is 2.19. The van der Waals surface area contributed by atoms with Gasteiger partial charge in [0.05, 0.1) is 35.2 Å². The van der Waals surface area contributed by atoms with Gasteiger partial charge in [0.2, 0.25) is 0 Å². The SMILES string of the molecule is O=C(Nc1c[nH]c(=O)c(-c2cc3cc(CN4CCCC(F)C4)ccc3[nH]2)c1)c1cnn(Cc2ccccc2)c1. The van der Waals surface area contributed by atoms with Crippen molar-refractivity contribution in [2.24, 2.45) is 0 Å². The molecule has 198 valence electrons. The maximum absolute atomic E-state index is 13.8. The van der Waals surface area contributed by atoms with Crippen LogP contribution in [0.25, 0.3) is 22.2 Å². The molecule has 1 saturated heterocycles. The Kier molecular flexibility index (Phi) is 6.81. The van der Waals surface area contributed by atoms with Crippen molar-refractivity contribution in [3.8, 4) is 11.3 Å². The summed E-state index contributed by atoms with van der Waals surface area (Å²) in [6.07, 6.45) is 5.47. The fourth-order valence-electron chi connectivity index (χ4n) is 5.12. The largest absolute Gasteiger partial charge is 0.354 e. The molecule has 0 spiro atoms. The summed E-state index contributed by atoms with van der Waals surface area (Å²) in [5.41, 5.74) is 4.78. The van der Waals surface area contributed by atoms with Crippen LogP contribution in [0.2, 0.25) is 0 Å². The van der Waals surface area contributed by atoms with Gasteiger partial charge in [-0.05, 0) is 54.8 Å². The Balaban J connectivity index is 1.18. The molecule has 5 aromatic rings. The first-order chi connectivity index (χ1) is 19.0. The first kappa shape index (κ1) is 24.8. The van der Waals surface area contributed by atoms with Crippen LogP contribution in [0, 0.1) is 0 Å². The molecule has 2 aromatic carbocycles. The van der Waals surface area contributed by atoms with Crippen LogP contribution in [-0.4, -0.2) is 49.8 Å². The number of rotatable bonds is 7. The van der Waals surface area contributed by atoms with E-state index in [9.17, 15) is 14.0 Å². The molecule has 1 aliphatic heterocycles. The number of nitrogens with one attached hydrogen (secondary N) is 3. The molecule has 0 radical (unpaired) electrons. The molecule has 1 unspecified atom stereocenters. The molecule has 6 rings (SSSR count). The van der Waals surface area contributed by atoms with E-state index in [1.165, 1.54) is 12.4 Å². The quantitative estimate of drug-likeness (QED) is 0.280. The average Bonchev–Trinajstić information content (AvgIpc) is 3.57. The lowest BCUT2D eigenvalue weighted by molar-refractivity contribution is 0.102. The number of halogens is 1. The molecule has 9 heteroatoms. The normalized spacial score (nSPS) is 16.0. The number of carbonyl (C=O) groups is 1. The minimum Gasteiger partial charge on any atom is -0.354 e. The van der Waals surface area contributed by atoms with Gasteiger partial charge >= 0.3 is 0 Å². The Labute approximate surface area is 224 Å². The number of amides is 1. The van der Waals surface area contributed by atoms with E-state index in [1.54, 1.807) is 16.9 Å². The van der Waals surface area contributed by atoms with E-state index < -0.39 is 6.17 Å². The number of carbonyl (C=O) groups excluding carboxylic acids is 1. The van der Waals surface area contributed by atoms with Crippen molar-refractivity contribution in [2.45, 2.75) is 32.1 Å². The van der Waals surface area contributed by atoms with E-state index >= 15 is 0 Å². The van der Waals surface area contributed by atoms with Crippen LogP contribution in [0.15, 0.2) is 84.0 Å². The Hall–Kier alpha value is -4.50. The number of likely N-dealkylation sites (tertiary alicyclic amines) is 1. The van der Waals surface area contributed by atoms with Crippen LogP contribution < -0.4 is 10.9 Å². The molecule has 39 heavy (non-hydrogen) atoms. The Morgan fingerprint density at radius 2 is 1.95 bits per heavy atom. The van der Waals surface area contributed by atoms with Crippen molar-refractivity contribution in [1.82, 2.24) is 24.6 Å². The minimum absolute atomic E-state index is 0.266. The van der Waals surface area contributed by atoms with Gasteiger partial charge in [-0.25, -0.2) is 4.39 Å². The molecule has 8 nitrogen and oxygen atoms in total. The smallest absolute Gasteiger partial charge is 0.258 e. The number of nitrogens with zero attached hydrogens (tertiary/aromatic N) is 3. The topological polar surface area (TPSA) is 98.8 Å². The third-order valence-corrected chi connectivity index (χ3v) is 7.07. The number of benzene rings is 2. The highest BCUT2D eigenvalue weighted by atomic mass is 19.1. The van der Waals surface area contributed by atoms with Crippen molar-refractivity contribution in [2.75, 3.05) is 18.4 Å². The molecule has 0 aliphatic carbocycles. The van der Waals surface area contributed by atoms with Crippen molar-refractivity contribution in [1.29, 1.82) is 0 Å². The number of pyridine rings is 1. The van der Waals surface area contributed by atoms with Crippen LogP contribution >= 0.6 is 0 Å². The van der Waals surface area contributed by atoms with Gasteiger partial charge in [0.15, 0.2) is 0 Å². The first-order valence-corrected chi connectivity index (χ1v) is 13.1. The zero-order chi connectivity index (χ0) is 26.8. The number of aromatic amines is 2. The fraction of sp³-hybridized carbons (Fsp3) is 0.233. The number of piperidine rings is 1. The summed E-state index contributed by atoms with van der Waals surface area (Å²) in [5.74, 6) is -0.318. The van der Waals surface area contributed by atoms with Crippen molar-refractivity contribution >= 4 is 22.5 Å². The number of fused-ring (bicyclic) bond motifs is 1. The van der Waals surface area contributed by atoms with Crippen molar-refractivity contribution < 1.29 is 9.18 Å². The van der Waals surface area contributed by atoms with Crippen LogP contribution in [0.1, 0.15) is 34.3 Å². The predicted octanol–water partition coefficient (Wildman–Crippen LogP) is 4.95. The third-order valence-electron chi connectivity index (χ3n) is 7.07. The zero-order valence-electron chi connectivity index (χ0n) is 21.4. The highest BCUT2D eigenvalue weighted by Crippen LogP contribution is 2.25. The summed E-state index contributed by atoms with van der Waals surface area (Å²) in [6, 6.07) is 19.6. The van der Waals surface area contributed by atoms with Gasteiger partial charge in [0.1, 0.15) is 6.17 Å². The summed E-state index contributed by atoms with van der Waals surface area (Å²) in [7, 11) is 0. The molecule has 0 saturated carbocycles. The van der Waals surface area contributed by atoms with E-state index in [0.717, 1.165) is 35.0 Å². The fourth-order valence-corrected chi connectivity index (χ4v) is 5.12. The van der Waals surface area contributed by atoms with Crippen molar-refractivity contribution in [3.63, 3.8) is 0 Å². The minimum atomic E-state index is -0.758. The van der Waals surface area contributed by atoms with Crippen molar-refractivity contribution in [3.05, 3.63) is 106 Å². The number of hydrogen-bond acceptors (Lipinski definition) is 4. The monoisotopic (exact) mass is 524 g/mol. The van der Waals surface area contributed by atoms with Crippen LogP contribution in [0.5, 0.6) is 0 Å². The van der Waals surface area contributed by atoms with Gasteiger partial charge in [-0.2, -0.15) is 5.10 Å². The second-order valence-corrected chi connectivity index (χ2v) is 10.1. The lowest BCUT2D eigenvalue weighted by Gasteiger charge is -2.28. The first-order valence-electron chi connectivity index (χ1n) is 13.1. The van der Waals surface area contributed by atoms with E-state index in [-0.39, 0.29) is 11.5 Å². The number of anilines is 1. The summed E-state index contributed by atoms with van der Waals surface area (Å²) in [5, 5.41) is 8.12. The standard InChI is InChI=1S/C30H29FN6O2/c31-24-7-4-10-36(19-24)16-21-8-9-27-22(11-21)12-28(35-27)26-13-25(15-32-30(26)39)34-29(38)23-14-33-37(18-23)17-20-5-2-1-3-6-20/h1-3,5-6,8-9,11-15,18,24,35H,4,7,10,16-17,19H2,(H,32,39)(H,34,38). The molecule has 3 N–H and O–H groups in total. The molecule has 1 atom stereocenters. The predicted molar refractivity (Wildman–Crippen MR) is 149 cm³/mol. The van der Waals surface area contributed by atoms with Gasteiger partial charge in [0, 0.05) is 36.4 Å². The van der Waals surface area contributed by atoms with Gasteiger partial charge in [-0.1, -0.05) is 36.4 Å². The van der Waals surface area contributed by atoms with Crippen LogP contribution in [-0.2, 0) is 13.1 Å². The van der Waals surface area contributed by atoms with Gasteiger partial charge in [-0.15, -0.1) is 0 Å². The average molecular weight is 525 g/mol. The molecule has 1 amide bonds. The van der Waals surface area contributed by atoms with Crippen LogP contribution in [0.3, 0.4) is 0 Å². The Bertz CT molecular complexity index is 1670. The Morgan fingerprint density at radius 1 is 1.08 bits per heavy atom. The number of H-pyrrole nitrogens is 2. The molecule has 1 aliphatic rings. The zero-order valence-corrected chi connectivity index (χ0v) is 21.4. The summed E-state index contributed by atoms with van der Waals surface area (Å²) in [4.78, 5) is 33.8. The summed E-state index contributed by atoms with van der Waals surface area (Å²) in [6.45, 7) is 2.63. The highest BCUT2D eigenvalue weighted by molar-refractivity contribution is 6.04. The van der Waals surface area contributed by atoms with Gasteiger partial charge < -0.3 is 15.3 Å². The van der Waals surface area contributed by atoms with Crippen LogP contribution in [0.4, 0.5) is 10.1 Å². The number of alkyl halides is 1. The second-order valence-electron chi connectivity index (χ2n) is 10.1. The molecule has 4 heterocycles. The molecule has 0 bridgehead atoms. The maximum atomic E-state index is 13.8. The van der Waals surface area contributed by atoms with Gasteiger partial charge in [-0.3, -0.25) is 19.2 Å². The summed E-state index contributed by atoms with van der Waals surface area (Å²) < 4.78 is 15.5. The second kappa shape index (κ2) is 10.7. The van der Waals surface area contributed by atoms with E-state index in [1.807, 2.05) is 48.5 Å². The van der Waals surface area contributed by atoms with E-state index in [0.29, 0.717) is 48.6 Å². The molecule has 1 fully saturated rings. The van der Waals surface area contributed by atoms with E-state index in [2.05, 4.69) is 31.3 Å². The molecular formula is C30H29FN6O2. The maximum Gasteiger partial charge on any atom is 0.258 e. The van der Waals surface area contributed by atoms with Gasteiger partial charge in [0.25, 0.3) is 11.5 Å². The Morgan fingerprint density at radius 3 is 2.79 bits per heavy atom. The molecule has 3 aromatic heterocycles. The summed E-state index contributed by atoms with van der Waals surface area (Å²) >= 11 is 0. The third kappa shape index (κ3) is 5.68. The number of aromatic nitrogens is 4. The lowest BCUT2D eigenvalue weighted by Crippen LogP contribution is -2.35. The molecular weight excluding hydrogens is 495 g/mol. The van der Waals surface area contributed by atoms with E-state index in [4.69, 9.17) is 0 Å². The number of hydrogen-bond donors (Lipinski definition) is 3.